The van der Waals surface area contributed by atoms with E-state index < -0.39 is 0 Å². The van der Waals surface area contributed by atoms with Crippen molar-refractivity contribution in [3.63, 3.8) is 0 Å². The minimum Gasteiger partial charge on any atom is -0.390 e. The molecule has 5 heteroatoms. The second-order valence-electron chi connectivity index (χ2n) is 6.44. The number of nitrogens with zero attached hydrogens (tertiary/aromatic N) is 3. The second-order valence-corrected chi connectivity index (χ2v) is 7.48. The quantitative estimate of drug-likeness (QED) is 0.799. The van der Waals surface area contributed by atoms with Gasteiger partial charge in [-0.25, -0.2) is 9.50 Å². The normalized spacial score (nSPS) is 12.2. The average Bonchev–Trinajstić information content (AvgIpc) is 3.03. The smallest absolute Gasteiger partial charge is 0.213 e. The van der Waals surface area contributed by atoms with Gasteiger partial charge >= 0.3 is 0 Å². The van der Waals surface area contributed by atoms with Crippen LogP contribution in [0.2, 0.25) is 0 Å². The van der Waals surface area contributed by atoms with Gasteiger partial charge in [-0.15, -0.1) is 0 Å². The van der Waals surface area contributed by atoms with Gasteiger partial charge in [-0.2, -0.15) is 5.10 Å². The molecule has 0 unspecified atom stereocenters. The van der Waals surface area contributed by atoms with E-state index in [-0.39, 0.29) is 12.0 Å². The average molecular weight is 315 g/mol. The Morgan fingerprint density at radius 2 is 1.86 bits per heavy atom. The standard InChI is InChI=1S/C17H21N3OS/c1-5-14-19-20-13(10-21)15(18-16(20)22-14)11-6-8-12(9-7-11)17(2,3)4/h6-9,21H,5,10H2,1-4H3. The van der Waals surface area contributed by atoms with Crippen molar-refractivity contribution in [3.05, 3.63) is 40.5 Å². The molecule has 0 saturated heterocycles. The molecule has 2 aromatic heterocycles. The third kappa shape index (κ3) is 2.55. The van der Waals surface area contributed by atoms with E-state index in [0.717, 1.165) is 33.3 Å². The fourth-order valence-corrected chi connectivity index (χ4v) is 3.33. The summed E-state index contributed by atoms with van der Waals surface area (Å²) in [7, 11) is 0. The van der Waals surface area contributed by atoms with E-state index in [4.69, 9.17) is 0 Å². The molecule has 1 aromatic carbocycles. The fraction of sp³-hybridized carbons (Fsp3) is 0.412. The minimum atomic E-state index is -0.0651. The highest BCUT2D eigenvalue weighted by Crippen LogP contribution is 2.29. The van der Waals surface area contributed by atoms with E-state index in [1.807, 2.05) is 0 Å². The topological polar surface area (TPSA) is 50.4 Å². The molecule has 0 amide bonds. The number of imidazole rings is 1. The maximum Gasteiger partial charge on any atom is 0.213 e. The summed E-state index contributed by atoms with van der Waals surface area (Å²) in [5.41, 5.74) is 4.02. The van der Waals surface area contributed by atoms with Gasteiger partial charge in [0.1, 0.15) is 5.01 Å². The van der Waals surface area contributed by atoms with Crippen LogP contribution in [-0.2, 0) is 18.4 Å². The number of benzene rings is 1. The summed E-state index contributed by atoms with van der Waals surface area (Å²) < 4.78 is 1.77. The van der Waals surface area contributed by atoms with Gasteiger partial charge in [0.15, 0.2) is 0 Å². The van der Waals surface area contributed by atoms with Crippen molar-refractivity contribution in [2.75, 3.05) is 0 Å². The van der Waals surface area contributed by atoms with E-state index >= 15 is 0 Å². The number of aryl methyl sites for hydroxylation is 1. The fourth-order valence-electron chi connectivity index (χ4n) is 2.47. The lowest BCUT2D eigenvalue weighted by molar-refractivity contribution is 0.275. The molecule has 22 heavy (non-hydrogen) atoms. The lowest BCUT2D eigenvalue weighted by atomic mass is 9.86. The van der Waals surface area contributed by atoms with Crippen LogP contribution in [0.25, 0.3) is 16.2 Å². The monoisotopic (exact) mass is 315 g/mol. The molecule has 0 radical (unpaired) electrons. The molecule has 3 aromatic rings. The van der Waals surface area contributed by atoms with Gasteiger partial charge in [0, 0.05) is 5.56 Å². The zero-order valence-electron chi connectivity index (χ0n) is 13.4. The van der Waals surface area contributed by atoms with Crippen LogP contribution in [0.15, 0.2) is 24.3 Å². The van der Waals surface area contributed by atoms with Crippen molar-refractivity contribution < 1.29 is 5.11 Å². The van der Waals surface area contributed by atoms with Crippen LogP contribution in [0.5, 0.6) is 0 Å². The molecular formula is C17H21N3OS. The van der Waals surface area contributed by atoms with Crippen LogP contribution in [0, 0.1) is 0 Å². The Balaban J connectivity index is 2.07. The highest BCUT2D eigenvalue weighted by atomic mass is 32.1. The van der Waals surface area contributed by atoms with Gasteiger partial charge in [-0.05, 0) is 17.4 Å². The molecule has 0 aliphatic rings. The Kier molecular flexibility index (Phi) is 3.78. The van der Waals surface area contributed by atoms with Gasteiger partial charge in [0.05, 0.1) is 18.0 Å². The molecule has 0 aliphatic heterocycles. The minimum absolute atomic E-state index is 0.0651. The van der Waals surface area contributed by atoms with Crippen LogP contribution >= 0.6 is 11.3 Å². The summed E-state index contributed by atoms with van der Waals surface area (Å²) in [6, 6.07) is 8.42. The van der Waals surface area contributed by atoms with Gasteiger partial charge in [0.2, 0.25) is 4.96 Å². The van der Waals surface area contributed by atoms with Crippen LogP contribution in [0.3, 0.4) is 0 Å². The van der Waals surface area contributed by atoms with E-state index in [2.05, 4.69) is 62.0 Å². The summed E-state index contributed by atoms with van der Waals surface area (Å²) in [6.45, 7) is 8.60. The largest absolute Gasteiger partial charge is 0.390 e. The summed E-state index contributed by atoms with van der Waals surface area (Å²) in [4.78, 5) is 5.52. The predicted octanol–water partition coefficient (Wildman–Crippen LogP) is 3.81. The molecule has 3 rings (SSSR count). The number of aromatic nitrogens is 3. The molecule has 2 heterocycles. The number of aliphatic hydroxyl groups excluding tert-OH is 1. The number of hydrogen-bond donors (Lipinski definition) is 1. The lowest BCUT2D eigenvalue weighted by Crippen LogP contribution is -2.10. The SMILES string of the molecule is CCc1nn2c(CO)c(-c3ccc(C(C)(C)C)cc3)nc2s1. The maximum atomic E-state index is 9.74. The zero-order valence-corrected chi connectivity index (χ0v) is 14.2. The van der Waals surface area contributed by atoms with Gasteiger partial charge < -0.3 is 5.11 Å². The van der Waals surface area contributed by atoms with Crippen LogP contribution < -0.4 is 0 Å². The van der Waals surface area contributed by atoms with Gasteiger partial charge in [-0.1, -0.05) is 63.3 Å². The number of aliphatic hydroxyl groups is 1. The Hall–Kier alpha value is -1.72. The highest BCUT2D eigenvalue weighted by Gasteiger charge is 2.18. The van der Waals surface area contributed by atoms with Crippen LogP contribution in [-0.4, -0.2) is 19.7 Å². The molecule has 1 N–H and O–H groups in total. The Morgan fingerprint density at radius 3 is 2.41 bits per heavy atom. The first-order valence-electron chi connectivity index (χ1n) is 7.53. The van der Waals surface area contributed by atoms with Crippen molar-refractivity contribution in [1.82, 2.24) is 14.6 Å². The summed E-state index contributed by atoms with van der Waals surface area (Å²) in [5, 5.41) is 15.3. The van der Waals surface area contributed by atoms with E-state index in [0.29, 0.717) is 0 Å². The van der Waals surface area contributed by atoms with Gasteiger partial charge in [0.25, 0.3) is 0 Å². The molecule has 0 spiro atoms. The van der Waals surface area contributed by atoms with E-state index in [1.165, 1.54) is 5.56 Å². The Labute approximate surface area is 134 Å². The van der Waals surface area contributed by atoms with Crippen molar-refractivity contribution in [2.45, 2.75) is 46.1 Å². The van der Waals surface area contributed by atoms with Crippen LogP contribution in [0.4, 0.5) is 0 Å². The zero-order chi connectivity index (χ0) is 15.9. The van der Waals surface area contributed by atoms with Crippen molar-refractivity contribution in [2.24, 2.45) is 0 Å². The first kappa shape index (κ1) is 15.2. The first-order chi connectivity index (χ1) is 10.4. The number of rotatable bonds is 3. The predicted molar refractivity (Wildman–Crippen MR) is 90.3 cm³/mol. The summed E-state index contributed by atoms with van der Waals surface area (Å²) in [6.07, 6.45) is 0.883. The third-order valence-corrected chi connectivity index (χ3v) is 4.87. The third-order valence-electron chi connectivity index (χ3n) is 3.81. The molecule has 0 atom stereocenters. The maximum absolute atomic E-state index is 9.74. The van der Waals surface area contributed by atoms with Crippen molar-refractivity contribution in [1.29, 1.82) is 0 Å². The lowest BCUT2D eigenvalue weighted by Gasteiger charge is -2.19. The Morgan fingerprint density at radius 1 is 1.18 bits per heavy atom. The molecule has 0 bridgehead atoms. The van der Waals surface area contributed by atoms with Crippen LogP contribution in [0.1, 0.15) is 44.0 Å². The first-order valence-corrected chi connectivity index (χ1v) is 8.34. The molecule has 0 fully saturated rings. The van der Waals surface area contributed by atoms with Crippen molar-refractivity contribution >= 4 is 16.3 Å². The highest BCUT2D eigenvalue weighted by molar-refractivity contribution is 7.16. The molecule has 4 nitrogen and oxygen atoms in total. The molecular weight excluding hydrogens is 294 g/mol. The second kappa shape index (κ2) is 5.48. The van der Waals surface area contributed by atoms with Crippen molar-refractivity contribution in [3.8, 4) is 11.3 Å². The summed E-state index contributed by atoms with van der Waals surface area (Å²) in [5.74, 6) is 0. The van der Waals surface area contributed by atoms with E-state index in [1.54, 1.807) is 15.9 Å². The molecule has 0 saturated carbocycles. The molecule has 0 aliphatic carbocycles. The number of fused-ring (bicyclic) bond motifs is 1. The van der Waals surface area contributed by atoms with Gasteiger partial charge in [-0.3, -0.25) is 0 Å². The van der Waals surface area contributed by atoms with E-state index in [9.17, 15) is 5.11 Å². The Bertz CT molecular complexity index is 794. The molecule has 116 valence electrons. The number of hydrogen-bond acceptors (Lipinski definition) is 4. The summed E-state index contributed by atoms with van der Waals surface area (Å²) >= 11 is 1.58.